The fraction of sp³-hybridized carbons (Fsp3) is 0.444. The van der Waals surface area contributed by atoms with E-state index in [4.69, 9.17) is 4.74 Å². The minimum atomic E-state index is -4.80. The smallest absolute Gasteiger partial charge is 0.421 e. The van der Waals surface area contributed by atoms with Crippen molar-refractivity contribution in [2.24, 2.45) is 5.92 Å². The topological polar surface area (TPSA) is 61.8 Å². The van der Waals surface area contributed by atoms with Crippen LogP contribution in [0, 0.1) is 5.92 Å². The van der Waals surface area contributed by atoms with E-state index in [-0.39, 0.29) is 17.8 Å². The highest BCUT2D eigenvalue weighted by molar-refractivity contribution is 5.99. The van der Waals surface area contributed by atoms with Crippen molar-refractivity contribution in [3.8, 4) is 5.75 Å². The number of piperidine rings is 1. The minimum Gasteiger partial charge on any atom is -0.508 e. The predicted octanol–water partition coefficient (Wildman–Crippen LogP) is 4.87. The number of halogens is 3. The molecule has 0 radical (unpaired) electrons. The molecule has 0 aromatic heterocycles. The number of methoxy groups -OCH3 is 1. The maximum atomic E-state index is 13.9. The van der Waals surface area contributed by atoms with Gasteiger partial charge < -0.3 is 15.2 Å². The second kappa shape index (κ2) is 10.0. The Labute approximate surface area is 203 Å². The molecule has 188 valence electrons. The lowest BCUT2D eigenvalue weighted by Crippen LogP contribution is -2.63. The number of nitrogens with zero attached hydrogens (tertiary/aromatic N) is 1. The number of hydrogen-bond acceptors (Lipinski definition) is 4. The zero-order valence-electron chi connectivity index (χ0n) is 19.9. The first-order valence-electron chi connectivity index (χ1n) is 11.8. The molecular formula is C27H31F3N2O3. The van der Waals surface area contributed by atoms with E-state index in [0.29, 0.717) is 18.5 Å². The Morgan fingerprint density at radius 2 is 1.94 bits per heavy atom. The summed E-state index contributed by atoms with van der Waals surface area (Å²) in [5.74, 6) is -0.940. The van der Waals surface area contributed by atoms with Crippen LogP contribution in [0.15, 0.2) is 60.2 Å². The van der Waals surface area contributed by atoms with Crippen molar-refractivity contribution in [1.29, 1.82) is 0 Å². The van der Waals surface area contributed by atoms with Crippen LogP contribution in [0.25, 0.3) is 6.08 Å². The van der Waals surface area contributed by atoms with Gasteiger partial charge in [0, 0.05) is 25.0 Å². The molecule has 0 bridgehead atoms. The minimum absolute atomic E-state index is 0.0195. The number of hydrogen-bond donors (Lipinski definition) is 2. The Balaban J connectivity index is 1.66. The SMILES string of the molecule is COC1CCC[C@@]2(c3cccc(O)c3)C[C@@H](NC(=O)C(=Cc3ccccc3)C(F)(F)F)N(C)CC12. The van der Waals surface area contributed by atoms with Gasteiger partial charge in [0.1, 0.15) is 11.3 Å². The number of rotatable bonds is 5. The molecule has 2 aromatic carbocycles. The molecule has 1 aliphatic heterocycles. The summed E-state index contributed by atoms with van der Waals surface area (Å²) >= 11 is 0. The van der Waals surface area contributed by atoms with Gasteiger partial charge in [-0.05, 0) is 62.1 Å². The highest BCUT2D eigenvalue weighted by Crippen LogP contribution is 2.51. The van der Waals surface area contributed by atoms with Gasteiger partial charge in [-0.2, -0.15) is 13.2 Å². The van der Waals surface area contributed by atoms with E-state index in [9.17, 15) is 23.1 Å². The highest BCUT2D eigenvalue weighted by Gasteiger charge is 2.52. The fourth-order valence-corrected chi connectivity index (χ4v) is 5.80. The summed E-state index contributed by atoms with van der Waals surface area (Å²) in [6.07, 6.45) is -1.56. The summed E-state index contributed by atoms with van der Waals surface area (Å²) in [6.45, 7) is 0.545. The van der Waals surface area contributed by atoms with E-state index in [0.717, 1.165) is 30.9 Å². The Morgan fingerprint density at radius 1 is 1.20 bits per heavy atom. The number of carbonyl (C=O) groups is 1. The largest absolute Gasteiger partial charge is 0.508 e. The normalized spacial score (nSPS) is 27.8. The van der Waals surface area contributed by atoms with Crippen molar-refractivity contribution in [3.63, 3.8) is 0 Å². The molecule has 5 nitrogen and oxygen atoms in total. The molecule has 2 aromatic rings. The zero-order valence-corrected chi connectivity index (χ0v) is 19.9. The number of nitrogens with one attached hydrogen (secondary N) is 1. The molecule has 2 aliphatic rings. The lowest BCUT2D eigenvalue weighted by Gasteiger charge is -2.55. The lowest BCUT2D eigenvalue weighted by atomic mass is 9.57. The van der Waals surface area contributed by atoms with E-state index in [1.807, 2.05) is 18.0 Å². The number of ether oxygens (including phenoxy) is 1. The summed E-state index contributed by atoms with van der Waals surface area (Å²) in [5.41, 5.74) is -0.445. The summed E-state index contributed by atoms with van der Waals surface area (Å²) in [5, 5.41) is 12.8. The van der Waals surface area contributed by atoms with Crippen molar-refractivity contribution in [1.82, 2.24) is 10.2 Å². The maximum Gasteiger partial charge on any atom is 0.421 e. The third-order valence-electron chi connectivity index (χ3n) is 7.53. The molecule has 2 unspecified atom stereocenters. The van der Waals surface area contributed by atoms with Gasteiger partial charge in [-0.3, -0.25) is 9.69 Å². The number of likely N-dealkylation sites (tertiary alicyclic amines) is 1. The van der Waals surface area contributed by atoms with Crippen LogP contribution in [-0.2, 0) is 14.9 Å². The second-order valence-electron chi connectivity index (χ2n) is 9.58. The van der Waals surface area contributed by atoms with Crippen LogP contribution in [0.5, 0.6) is 5.75 Å². The van der Waals surface area contributed by atoms with E-state index in [1.54, 1.807) is 43.5 Å². The third kappa shape index (κ3) is 5.23. The van der Waals surface area contributed by atoms with Crippen molar-refractivity contribution in [2.75, 3.05) is 20.7 Å². The number of carbonyl (C=O) groups excluding carboxylic acids is 1. The summed E-state index contributed by atoms with van der Waals surface area (Å²) in [6, 6.07) is 15.1. The Morgan fingerprint density at radius 3 is 2.60 bits per heavy atom. The molecule has 35 heavy (non-hydrogen) atoms. The van der Waals surface area contributed by atoms with E-state index in [1.165, 1.54) is 12.1 Å². The molecule has 8 heteroatoms. The molecular weight excluding hydrogens is 457 g/mol. The number of amides is 1. The van der Waals surface area contributed by atoms with Crippen LogP contribution in [0.1, 0.15) is 36.8 Å². The Kier molecular flexibility index (Phi) is 7.24. The van der Waals surface area contributed by atoms with Gasteiger partial charge in [-0.25, -0.2) is 0 Å². The van der Waals surface area contributed by atoms with Crippen molar-refractivity contribution >= 4 is 12.0 Å². The quantitative estimate of drug-likeness (QED) is 0.590. The first kappa shape index (κ1) is 25.3. The maximum absolute atomic E-state index is 13.9. The molecule has 0 spiro atoms. The van der Waals surface area contributed by atoms with Crippen LogP contribution in [-0.4, -0.2) is 55.1 Å². The Hall–Kier alpha value is -2.84. The van der Waals surface area contributed by atoms with Gasteiger partial charge >= 0.3 is 6.18 Å². The molecule has 4 atom stereocenters. The predicted molar refractivity (Wildman–Crippen MR) is 128 cm³/mol. The van der Waals surface area contributed by atoms with Crippen LogP contribution < -0.4 is 5.32 Å². The summed E-state index contributed by atoms with van der Waals surface area (Å²) in [7, 11) is 3.49. The molecule has 1 heterocycles. The molecule has 1 saturated carbocycles. The number of fused-ring (bicyclic) bond motifs is 1. The molecule has 2 fully saturated rings. The van der Waals surface area contributed by atoms with Crippen molar-refractivity contribution in [3.05, 3.63) is 71.3 Å². The number of alkyl halides is 3. The van der Waals surface area contributed by atoms with Gasteiger partial charge in [-0.15, -0.1) is 0 Å². The van der Waals surface area contributed by atoms with Crippen LogP contribution >= 0.6 is 0 Å². The van der Waals surface area contributed by atoms with Gasteiger partial charge in [-0.1, -0.05) is 42.5 Å². The first-order valence-corrected chi connectivity index (χ1v) is 11.8. The average Bonchev–Trinajstić information content (AvgIpc) is 2.82. The average molecular weight is 489 g/mol. The number of aromatic hydroxyl groups is 1. The highest BCUT2D eigenvalue weighted by atomic mass is 19.4. The number of phenolic OH excluding ortho intramolecular Hbond substituents is 1. The van der Waals surface area contributed by atoms with E-state index < -0.39 is 29.2 Å². The van der Waals surface area contributed by atoms with Crippen LogP contribution in [0.2, 0.25) is 0 Å². The van der Waals surface area contributed by atoms with Gasteiger partial charge in [0.25, 0.3) is 5.91 Å². The second-order valence-corrected chi connectivity index (χ2v) is 9.58. The molecule has 1 saturated heterocycles. The van der Waals surface area contributed by atoms with Crippen molar-refractivity contribution in [2.45, 2.75) is 49.5 Å². The third-order valence-corrected chi connectivity index (χ3v) is 7.53. The monoisotopic (exact) mass is 488 g/mol. The molecule has 1 amide bonds. The van der Waals surface area contributed by atoms with Gasteiger partial charge in [0.2, 0.25) is 0 Å². The molecule has 1 aliphatic carbocycles. The van der Waals surface area contributed by atoms with E-state index in [2.05, 4.69) is 5.32 Å². The van der Waals surface area contributed by atoms with Gasteiger partial charge in [0.05, 0.1) is 12.3 Å². The van der Waals surface area contributed by atoms with Crippen molar-refractivity contribution < 1.29 is 27.8 Å². The van der Waals surface area contributed by atoms with Crippen LogP contribution in [0.3, 0.4) is 0 Å². The number of benzene rings is 2. The molecule has 2 N–H and O–H groups in total. The number of phenols is 1. The summed E-state index contributed by atoms with van der Waals surface area (Å²) < 4.78 is 47.4. The van der Waals surface area contributed by atoms with Gasteiger partial charge in [0.15, 0.2) is 0 Å². The fourth-order valence-electron chi connectivity index (χ4n) is 5.80. The van der Waals surface area contributed by atoms with E-state index >= 15 is 0 Å². The molecule has 4 rings (SSSR count). The zero-order chi connectivity index (χ0) is 25.2. The van der Waals surface area contributed by atoms with Crippen LogP contribution in [0.4, 0.5) is 13.2 Å². The Bertz CT molecular complexity index is 1070. The standard InChI is InChI=1S/C27H31F3N2O3/c1-32-17-22-23(35-2)12-7-13-26(22,19-10-6-11-20(33)15-19)16-24(32)31-25(34)21(27(28,29)30)14-18-8-4-3-5-9-18/h3-6,8-11,14-15,22-24,33H,7,12-13,16-17H2,1-2H3,(H,31,34)/t22?,23?,24-,26-/m0/s1. The lowest BCUT2D eigenvalue weighted by molar-refractivity contribution is -0.134. The summed E-state index contributed by atoms with van der Waals surface area (Å²) in [4.78, 5) is 14.9. The first-order chi connectivity index (χ1) is 16.6.